The van der Waals surface area contributed by atoms with Gasteiger partial charge in [-0.25, -0.2) is 9.48 Å². The summed E-state index contributed by atoms with van der Waals surface area (Å²) < 4.78 is 7.23. The van der Waals surface area contributed by atoms with Gasteiger partial charge in [-0.2, -0.15) is 5.10 Å². The quantitative estimate of drug-likeness (QED) is 0.202. The third-order valence-corrected chi connectivity index (χ3v) is 7.90. The number of amides is 2. The van der Waals surface area contributed by atoms with Gasteiger partial charge in [0.05, 0.1) is 17.6 Å². The van der Waals surface area contributed by atoms with Crippen LogP contribution >= 0.6 is 0 Å². The number of urea groups is 1. The van der Waals surface area contributed by atoms with E-state index in [2.05, 4.69) is 36.7 Å². The van der Waals surface area contributed by atoms with Crippen LogP contribution in [0.2, 0.25) is 0 Å². The highest BCUT2D eigenvalue weighted by atomic mass is 16.3. The zero-order chi connectivity index (χ0) is 29.7. The lowest BCUT2D eigenvalue weighted by atomic mass is 9.77. The van der Waals surface area contributed by atoms with Gasteiger partial charge in [0, 0.05) is 35.9 Å². The van der Waals surface area contributed by atoms with Gasteiger partial charge in [0.1, 0.15) is 17.4 Å². The van der Waals surface area contributed by atoms with Gasteiger partial charge in [-0.15, -0.1) is 0 Å². The van der Waals surface area contributed by atoms with Crippen LogP contribution in [0.15, 0.2) is 77.4 Å². The molecule has 2 aromatic heterocycles. The molecule has 220 valence electrons. The number of hydrogen-bond donors (Lipinski definition) is 3. The predicted octanol–water partition coefficient (Wildman–Crippen LogP) is 7.00. The summed E-state index contributed by atoms with van der Waals surface area (Å²) in [5, 5.41) is 14.2. The molecule has 4 aromatic rings. The van der Waals surface area contributed by atoms with E-state index in [0.29, 0.717) is 24.3 Å². The molecule has 5 rings (SSSR count). The lowest BCUT2D eigenvalue weighted by molar-refractivity contribution is -0.122. The number of benzene rings is 2. The fraction of sp³-hybridized carbons (Fsp3) is 0.382. The van der Waals surface area contributed by atoms with Crippen LogP contribution in [0.3, 0.4) is 0 Å². The highest BCUT2D eigenvalue weighted by Gasteiger charge is 2.31. The number of rotatable bonds is 9. The molecule has 8 heteroatoms. The number of hydrogen-bond acceptors (Lipinski definition) is 5. The Morgan fingerprint density at radius 2 is 1.79 bits per heavy atom. The zero-order valence-electron chi connectivity index (χ0n) is 24.9. The van der Waals surface area contributed by atoms with Gasteiger partial charge in [0.2, 0.25) is 0 Å². The summed E-state index contributed by atoms with van der Waals surface area (Å²) in [5.74, 6) is 1.62. The monoisotopic (exact) mass is 567 g/mol. The zero-order valence-corrected chi connectivity index (χ0v) is 24.9. The van der Waals surface area contributed by atoms with Crippen molar-refractivity contribution in [1.29, 1.82) is 0 Å². The molecule has 0 radical (unpaired) electrons. The van der Waals surface area contributed by atoms with Crippen molar-refractivity contribution in [3.05, 3.63) is 95.6 Å². The average molecular weight is 568 g/mol. The number of piperidine rings is 1. The number of anilines is 2. The lowest BCUT2D eigenvalue weighted by Crippen LogP contribution is -2.33. The highest BCUT2D eigenvalue weighted by Crippen LogP contribution is 2.34. The molecule has 2 amide bonds. The molecule has 3 heterocycles. The number of carbonyl (C=O) groups is 2. The lowest BCUT2D eigenvalue weighted by Gasteiger charge is -2.30. The molecule has 8 nitrogen and oxygen atoms in total. The van der Waals surface area contributed by atoms with Crippen LogP contribution in [-0.4, -0.2) is 34.7 Å². The van der Waals surface area contributed by atoms with Gasteiger partial charge < -0.3 is 15.1 Å². The Balaban J connectivity index is 1.35. The molecule has 42 heavy (non-hydrogen) atoms. The molecule has 0 spiro atoms. The van der Waals surface area contributed by atoms with E-state index in [4.69, 9.17) is 9.52 Å². The minimum atomic E-state index is -0.372. The minimum absolute atomic E-state index is 0.190. The van der Waals surface area contributed by atoms with E-state index in [1.807, 2.05) is 73.7 Å². The van der Waals surface area contributed by atoms with Gasteiger partial charge in [-0.3, -0.25) is 10.1 Å². The van der Waals surface area contributed by atoms with Gasteiger partial charge in [-0.1, -0.05) is 50.6 Å². The Kier molecular flexibility index (Phi) is 8.92. The maximum Gasteiger partial charge on any atom is 0.324 e. The number of furan rings is 1. The highest BCUT2D eigenvalue weighted by molar-refractivity contribution is 5.99. The van der Waals surface area contributed by atoms with Crippen molar-refractivity contribution < 1.29 is 14.0 Å². The smallest absolute Gasteiger partial charge is 0.324 e. The SMILES string of the molecule is Cc1ccc(-n2nc(C(C)(C)C)cc2NC(=O)Nc2cccc(C(C(=O)CCc3ccco3)C3CCNCC3)c2)cc1. The second kappa shape index (κ2) is 12.8. The molecule has 1 unspecified atom stereocenters. The second-order valence-electron chi connectivity index (χ2n) is 12.2. The molecule has 3 N–H and O–H groups in total. The van der Waals surface area contributed by atoms with Crippen molar-refractivity contribution in [2.75, 3.05) is 23.7 Å². The Hall–Kier alpha value is -4.17. The van der Waals surface area contributed by atoms with Gasteiger partial charge in [0.15, 0.2) is 0 Å². The number of aryl methyl sites for hydroxylation is 2. The fourth-order valence-electron chi connectivity index (χ4n) is 5.56. The third kappa shape index (κ3) is 7.18. The predicted molar refractivity (Wildman–Crippen MR) is 166 cm³/mol. The topological polar surface area (TPSA) is 101 Å². The summed E-state index contributed by atoms with van der Waals surface area (Å²) in [6.07, 6.45) is 4.52. The molecule has 1 fully saturated rings. The van der Waals surface area contributed by atoms with Crippen LogP contribution in [0.1, 0.15) is 68.5 Å². The minimum Gasteiger partial charge on any atom is -0.469 e. The van der Waals surface area contributed by atoms with Crippen molar-refractivity contribution in [3.63, 3.8) is 0 Å². The first-order chi connectivity index (χ1) is 20.2. The van der Waals surface area contributed by atoms with Crippen LogP contribution in [-0.2, 0) is 16.6 Å². The van der Waals surface area contributed by atoms with Crippen molar-refractivity contribution in [2.24, 2.45) is 5.92 Å². The van der Waals surface area contributed by atoms with E-state index in [0.717, 1.165) is 54.2 Å². The summed E-state index contributed by atoms with van der Waals surface area (Å²) in [6.45, 7) is 10.1. The first-order valence-electron chi connectivity index (χ1n) is 14.8. The Bertz CT molecular complexity index is 1490. The largest absolute Gasteiger partial charge is 0.469 e. The summed E-state index contributed by atoms with van der Waals surface area (Å²) >= 11 is 0. The molecule has 0 bridgehead atoms. The fourth-order valence-corrected chi connectivity index (χ4v) is 5.56. The first-order valence-corrected chi connectivity index (χ1v) is 14.8. The van der Waals surface area contributed by atoms with Gasteiger partial charge in [-0.05, 0) is 80.7 Å². The van der Waals surface area contributed by atoms with Crippen LogP contribution in [0.25, 0.3) is 5.69 Å². The summed E-state index contributed by atoms with van der Waals surface area (Å²) in [4.78, 5) is 26.9. The Labute approximate surface area is 247 Å². The van der Waals surface area contributed by atoms with Crippen LogP contribution in [0.5, 0.6) is 0 Å². The molecule has 1 aliphatic heterocycles. The Morgan fingerprint density at radius 3 is 2.48 bits per heavy atom. The molecule has 1 aliphatic rings. The normalized spacial score (nSPS) is 14.9. The number of nitrogens with one attached hydrogen (secondary N) is 3. The van der Waals surface area contributed by atoms with Crippen molar-refractivity contribution in [2.45, 2.75) is 64.7 Å². The number of carbonyl (C=O) groups excluding carboxylic acids is 2. The number of aromatic nitrogens is 2. The van der Waals surface area contributed by atoms with E-state index in [1.54, 1.807) is 10.9 Å². The summed E-state index contributed by atoms with van der Waals surface area (Å²) in [6, 6.07) is 21.0. The average Bonchev–Trinajstić information content (AvgIpc) is 3.64. The van der Waals surface area contributed by atoms with Crippen molar-refractivity contribution >= 4 is 23.3 Å². The second-order valence-corrected chi connectivity index (χ2v) is 12.2. The van der Waals surface area contributed by atoms with E-state index < -0.39 is 0 Å². The standard InChI is InChI=1S/C34H41N5O3/c1-23-10-12-27(13-11-23)39-31(22-30(38-39)34(2,3)4)37-33(41)36-26-8-5-7-25(21-26)32(24-16-18-35-19-17-24)29(40)15-14-28-9-6-20-42-28/h5-13,20-22,24,32,35H,14-19H2,1-4H3,(H2,36,37,41). The van der Waals surface area contributed by atoms with Gasteiger partial charge in [0.25, 0.3) is 0 Å². The number of ketones is 1. The van der Waals surface area contributed by atoms with E-state index in [-0.39, 0.29) is 29.1 Å². The van der Waals surface area contributed by atoms with Crippen molar-refractivity contribution in [3.8, 4) is 5.69 Å². The van der Waals surface area contributed by atoms with Crippen LogP contribution < -0.4 is 16.0 Å². The van der Waals surface area contributed by atoms with E-state index in [1.165, 1.54) is 0 Å². The molecular weight excluding hydrogens is 526 g/mol. The number of nitrogens with zero attached hydrogens (tertiary/aromatic N) is 2. The molecule has 1 saturated heterocycles. The maximum absolute atomic E-state index is 13.6. The number of Topliss-reactive ketones (excluding diaryl/α,β-unsaturated/α-hetero) is 1. The molecule has 0 saturated carbocycles. The third-order valence-electron chi connectivity index (χ3n) is 7.90. The molecule has 1 atom stereocenters. The van der Waals surface area contributed by atoms with E-state index >= 15 is 0 Å². The molecule has 2 aromatic carbocycles. The molecular formula is C34H41N5O3. The van der Waals surface area contributed by atoms with Crippen molar-refractivity contribution in [1.82, 2.24) is 15.1 Å². The summed E-state index contributed by atoms with van der Waals surface area (Å²) in [7, 11) is 0. The Morgan fingerprint density at radius 1 is 1.02 bits per heavy atom. The molecule has 0 aliphatic carbocycles. The first kappa shape index (κ1) is 29.3. The summed E-state index contributed by atoms with van der Waals surface area (Å²) in [5.41, 5.74) is 4.27. The van der Waals surface area contributed by atoms with Crippen LogP contribution in [0.4, 0.5) is 16.3 Å². The van der Waals surface area contributed by atoms with Gasteiger partial charge >= 0.3 is 6.03 Å². The van der Waals surface area contributed by atoms with E-state index in [9.17, 15) is 9.59 Å². The van der Waals surface area contributed by atoms with Crippen LogP contribution in [0, 0.1) is 12.8 Å². The maximum atomic E-state index is 13.6.